The largest absolute Gasteiger partial charge is 0.352 e. The minimum atomic E-state index is 0.127. The van der Waals surface area contributed by atoms with Crippen LogP contribution in [0, 0.1) is 5.92 Å². The molecule has 1 aromatic rings. The Bertz CT molecular complexity index is 332. The smallest absolute Gasteiger partial charge is 0.104 e. The van der Waals surface area contributed by atoms with E-state index < -0.39 is 0 Å². The van der Waals surface area contributed by atoms with Gasteiger partial charge in [-0.2, -0.15) is 0 Å². The number of hydrogen-bond acceptors (Lipinski definition) is 1. The summed E-state index contributed by atoms with van der Waals surface area (Å²) in [4.78, 5) is 2.42. The van der Waals surface area contributed by atoms with Gasteiger partial charge in [0, 0.05) is 11.7 Å². The third kappa shape index (κ3) is 3.16. The van der Waals surface area contributed by atoms with Crippen LogP contribution in [0.3, 0.4) is 0 Å². The topological polar surface area (TPSA) is 3.24 Å². The average Bonchev–Trinajstić information content (AvgIpc) is 2.23. The van der Waals surface area contributed by atoms with Crippen LogP contribution in [-0.2, 0) is 0 Å². The Labute approximate surface area is 110 Å². The molecule has 0 N–H and O–H groups in total. The highest BCUT2D eigenvalue weighted by Crippen LogP contribution is 2.34. The fourth-order valence-corrected chi connectivity index (χ4v) is 3.00. The predicted molar refractivity (Wildman–Crippen MR) is 75.7 cm³/mol. The van der Waals surface area contributed by atoms with Crippen LogP contribution in [0.5, 0.6) is 0 Å². The molecule has 1 nitrogen and oxygen atoms in total. The van der Waals surface area contributed by atoms with Gasteiger partial charge in [-0.25, -0.2) is 0 Å². The number of alkyl halides is 1. The van der Waals surface area contributed by atoms with Gasteiger partial charge >= 0.3 is 0 Å². The molecule has 1 unspecified atom stereocenters. The van der Waals surface area contributed by atoms with Crippen LogP contribution in [-0.4, -0.2) is 11.5 Å². The van der Waals surface area contributed by atoms with Gasteiger partial charge in [0.1, 0.15) is 5.50 Å². The molecule has 0 aliphatic heterocycles. The van der Waals surface area contributed by atoms with E-state index in [0.717, 1.165) is 6.42 Å². The Morgan fingerprint density at radius 2 is 1.88 bits per heavy atom. The molecule has 1 aliphatic carbocycles. The predicted octanol–water partition coefficient (Wildman–Crippen LogP) is 4.66. The third-order valence-electron chi connectivity index (χ3n) is 3.49. The van der Waals surface area contributed by atoms with Gasteiger partial charge in [-0.1, -0.05) is 43.6 Å². The zero-order valence-corrected chi connectivity index (χ0v) is 11.5. The second kappa shape index (κ2) is 5.77. The second-order valence-electron chi connectivity index (χ2n) is 5.39. The number of halogens is 1. The highest BCUT2D eigenvalue weighted by Gasteiger charge is 2.29. The summed E-state index contributed by atoms with van der Waals surface area (Å²) in [5, 5.41) is 0. The van der Waals surface area contributed by atoms with Crippen LogP contribution < -0.4 is 4.90 Å². The van der Waals surface area contributed by atoms with Crippen molar-refractivity contribution < 1.29 is 0 Å². The zero-order chi connectivity index (χ0) is 12.3. The number of hydrogen-bond donors (Lipinski definition) is 0. The van der Waals surface area contributed by atoms with Gasteiger partial charge in [0.2, 0.25) is 0 Å². The van der Waals surface area contributed by atoms with Crippen molar-refractivity contribution >= 4 is 17.3 Å². The molecule has 2 heteroatoms. The first-order chi connectivity index (χ1) is 8.18. The SMILES string of the molecule is CC(C)CC(Cl)N(c1ccccc1)C1CCC1. The molecular weight excluding hydrogens is 230 g/mol. The molecule has 0 heterocycles. The van der Waals surface area contributed by atoms with Crippen molar-refractivity contribution in [3.05, 3.63) is 30.3 Å². The van der Waals surface area contributed by atoms with Crippen LogP contribution in [0.4, 0.5) is 5.69 Å². The lowest BCUT2D eigenvalue weighted by molar-refractivity contribution is 0.366. The highest BCUT2D eigenvalue weighted by atomic mass is 35.5. The minimum absolute atomic E-state index is 0.127. The maximum absolute atomic E-state index is 6.61. The number of rotatable bonds is 5. The van der Waals surface area contributed by atoms with E-state index in [1.54, 1.807) is 0 Å². The van der Waals surface area contributed by atoms with Crippen LogP contribution >= 0.6 is 11.6 Å². The lowest BCUT2D eigenvalue weighted by atomic mass is 9.90. The van der Waals surface area contributed by atoms with Crippen molar-refractivity contribution in [2.24, 2.45) is 5.92 Å². The lowest BCUT2D eigenvalue weighted by Crippen LogP contribution is -2.45. The van der Waals surface area contributed by atoms with E-state index in [4.69, 9.17) is 11.6 Å². The Hall–Kier alpha value is -0.690. The van der Waals surface area contributed by atoms with E-state index >= 15 is 0 Å². The zero-order valence-electron chi connectivity index (χ0n) is 10.8. The Balaban J connectivity index is 2.13. The Morgan fingerprint density at radius 3 is 2.35 bits per heavy atom. The number of anilines is 1. The lowest BCUT2D eigenvalue weighted by Gasteiger charge is -2.42. The molecule has 1 saturated carbocycles. The van der Waals surface area contributed by atoms with Crippen molar-refractivity contribution in [3.63, 3.8) is 0 Å². The molecule has 1 aliphatic rings. The van der Waals surface area contributed by atoms with Gasteiger partial charge in [0.05, 0.1) is 0 Å². The average molecular weight is 252 g/mol. The van der Waals surface area contributed by atoms with Crippen LogP contribution in [0.15, 0.2) is 30.3 Å². The third-order valence-corrected chi connectivity index (χ3v) is 3.88. The first kappa shape index (κ1) is 12.8. The molecule has 1 fully saturated rings. The molecule has 0 aromatic heterocycles. The van der Waals surface area contributed by atoms with Gasteiger partial charge in [0.15, 0.2) is 0 Å². The molecule has 0 radical (unpaired) electrons. The molecule has 0 spiro atoms. The number of nitrogens with zero attached hydrogens (tertiary/aromatic N) is 1. The summed E-state index contributed by atoms with van der Waals surface area (Å²) < 4.78 is 0. The molecule has 0 saturated heterocycles. The van der Waals surface area contributed by atoms with Crippen molar-refractivity contribution in [2.75, 3.05) is 4.90 Å². The van der Waals surface area contributed by atoms with Gasteiger partial charge < -0.3 is 4.90 Å². The maximum atomic E-state index is 6.61. The van der Waals surface area contributed by atoms with E-state index in [1.165, 1.54) is 24.9 Å². The maximum Gasteiger partial charge on any atom is 0.104 e. The monoisotopic (exact) mass is 251 g/mol. The first-order valence-corrected chi connectivity index (χ1v) is 7.09. The van der Waals surface area contributed by atoms with Crippen LogP contribution in [0.2, 0.25) is 0 Å². The molecule has 0 bridgehead atoms. The number of para-hydroxylation sites is 1. The molecule has 0 amide bonds. The Kier molecular flexibility index (Phi) is 4.33. The molecular formula is C15H22ClN. The van der Waals surface area contributed by atoms with E-state index in [9.17, 15) is 0 Å². The summed E-state index contributed by atoms with van der Waals surface area (Å²) in [6.45, 7) is 4.47. The van der Waals surface area contributed by atoms with Crippen LogP contribution in [0.25, 0.3) is 0 Å². The summed E-state index contributed by atoms with van der Waals surface area (Å²) >= 11 is 6.61. The normalized spacial score (nSPS) is 17.9. The van der Waals surface area contributed by atoms with E-state index in [0.29, 0.717) is 12.0 Å². The van der Waals surface area contributed by atoms with Crippen molar-refractivity contribution in [2.45, 2.75) is 51.1 Å². The Morgan fingerprint density at radius 1 is 1.24 bits per heavy atom. The quantitative estimate of drug-likeness (QED) is 0.544. The summed E-state index contributed by atoms with van der Waals surface area (Å²) in [6, 6.07) is 11.3. The summed E-state index contributed by atoms with van der Waals surface area (Å²) in [5.41, 5.74) is 1.40. The standard InChI is InChI=1S/C15H22ClN/c1-12(2)11-15(16)17(14-9-6-10-14)13-7-4-3-5-8-13/h3-5,7-8,12,14-15H,6,9-11H2,1-2H3. The van der Waals surface area contributed by atoms with E-state index in [2.05, 4.69) is 49.1 Å². The van der Waals surface area contributed by atoms with Crippen molar-refractivity contribution in [1.29, 1.82) is 0 Å². The van der Waals surface area contributed by atoms with E-state index in [1.807, 2.05) is 0 Å². The summed E-state index contributed by atoms with van der Waals surface area (Å²) in [5.74, 6) is 0.642. The fourth-order valence-electron chi connectivity index (χ4n) is 2.37. The van der Waals surface area contributed by atoms with Gasteiger partial charge in [-0.15, -0.1) is 0 Å². The summed E-state index contributed by atoms with van der Waals surface area (Å²) in [7, 11) is 0. The summed E-state index contributed by atoms with van der Waals surface area (Å²) in [6.07, 6.45) is 4.97. The number of benzene rings is 1. The minimum Gasteiger partial charge on any atom is -0.352 e. The van der Waals surface area contributed by atoms with Gasteiger partial charge in [-0.3, -0.25) is 0 Å². The fraction of sp³-hybridized carbons (Fsp3) is 0.600. The molecule has 94 valence electrons. The highest BCUT2D eigenvalue weighted by molar-refractivity contribution is 6.21. The van der Waals surface area contributed by atoms with Gasteiger partial charge in [0.25, 0.3) is 0 Å². The molecule has 17 heavy (non-hydrogen) atoms. The molecule has 1 atom stereocenters. The first-order valence-electron chi connectivity index (χ1n) is 6.66. The van der Waals surface area contributed by atoms with Gasteiger partial charge in [-0.05, 0) is 43.7 Å². The second-order valence-corrected chi connectivity index (χ2v) is 5.90. The van der Waals surface area contributed by atoms with Crippen molar-refractivity contribution in [3.8, 4) is 0 Å². The molecule has 2 rings (SSSR count). The van der Waals surface area contributed by atoms with Crippen molar-refractivity contribution in [1.82, 2.24) is 0 Å². The van der Waals surface area contributed by atoms with Crippen LogP contribution in [0.1, 0.15) is 39.5 Å². The van der Waals surface area contributed by atoms with E-state index in [-0.39, 0.29) is 5.50 Å². The molecule has 1 aromatic carbocycles.